The predicted octanol–water partition coefficient (Wildman–Crippen LogP) is 4.51. The molecular weight excluding hydrogens is 394 g/mol. The van der Waals surface area contributed by atoms with Crippen LogP contribution in [0.5, 0.6) is 0 Å². The Kier molecular flexibility index (Phi) is 4.94. The first-order valence-electron chi connectivity index (χ1n) is 9.73. The van der Waals surface area contributed by atoms with E-state index in [0.717, 1.165) is 22.3 Å². The molecule has 0 bridgehead atoms. The quantitative estimate of drug-likeness (QED) is 0.438. The van der Waals surface area contributed by atoms with E-state index in [1.165, 1.54) is 6.26 Å². The summed E-state index contributed by atoms with van der Waals surface area (Å²) >= 11 is 0. The van der Waals surface area contributed by atoms with Gasteiger partial charge in [0.25, 0.3) is 0 Å². The summed E-state index contributed by atoms with van der Waals surface area (Å²) in [6.45, 7) is 0. The minimum atomic E-state index is -0.153. The molecule has 0 radical (unpaired) electrons. The molecule has 31 heavy (non-hydrogen) atoms. The molecule has 5 aromatic rings. The molecule has 0 saturated carbocycles. The van der Waals surface area contributed by atoms with Gasteiger partial charge in [-0.3, -0.25) is 9.78 Å². The van der Waals surface area contributed by atoms with E-state index in [2.05, 4.69) is 25.4 Å². The third-order valence-corrected chi connectivity index (χ3v) is 4.67. The monoisotopic (exact) mass is 411 g/mol. The van der Waals surface area contributed by atoms with Crippen molar-refractivity contribution < 1.29 is 13.7 Å². The van der Waals surface area contributed by atoms with Gasteiger partial charge in [0.15, 0.2) is 5.76 Å². The Hall–Kier alpha value is -4.33. The molecule has 0 aliphatic rings. The molecule has 5 rings (SSSR count). The normalized spacial score (nSPS) is 11.0. The van der Waals surface area contributed by atoms with E-state index >= 15 is 0 Å². The molecule has 0 spiro atoms. The molecule has 1 N–H and O–H groups in total. The second-order valence-corrected chi connectivity index (χ2v) is 6.86. The Morgan fingerprint density at radius 2 is 1.87 bits per heavy atom. The highest BCUT2D eigenvalue weighted by atomic mass is 16.5. The van der Waals surface area contributed by atoms with Crippen LogP contribution in [0.1, 0.15) is 12.3 Å². The third kappa shape index (κ3) is 4.18. The summed E-state index contributed by atoms with van der Waals surface area (Å²) in [6.07, 6.45) is 3.81. The molecule has 0 fully saturated rings. The number of nitrogens with zero attached hydrogens (tertiary/aromatic N) is 4. The number of amides is 1. The van der Waals surface area contributed by atoms with Gasteiger partial charge in [0, 0.05) is 24.1 Å². The van der Waals surface area contributed by atoms with Crippen LogP contribution in [0.3, 0.4) is 0 Å². The fraction of sp³-hybridized carbons (Fsp3) is 0.0870. The maximum absolute atomic E-state index is 12.4. The SMILES string of the molecule is O=C(CCc1nc(-c2ccco2)no1)Nc1cccc(-c2cnc3ccccc3n2)c1. The molecule has 0 aliphatic heterocycles. The Bertz CT molecular complexity index is 1340. The molecule has 0 saturated heterocycles. The molecule has 8 nitrogen and oxygen atoms in total. The Balaban J connectivity index is 1.24. The summed E-state index contributed by atoms with van der Waals surface area (Å²) in [5, 5.41) is 6.76. The van der Waals surface area contributed by atoms with Gasteiger partial charge in [0.1, 0.15) is 0 Å². The molecule has 0 atom stereocenters. The molecule has 0 unspecified atom stereocenters. The van der Waals surface area contributed by atoms with E-state index in [-0.39, 0.29) is 12.3 Å². The van der Waals surface area contributed by atoms with Crippen molar-refractivity contribution in [1.29, 1.82) is 0 Å². The summed E-state index contributed by atoms with van der Waals surface area (Å²) in [5.74, 6) is 1.11. The van der Waals surface area contributed by atoms with Crippen molar-refractivity contribution in [3.05, 3.63) is 79.0 Å². The highest BCUT2D eigenvalue weighted by Crippen LogP contribution is 2.22. The van der Waals surface area contributed by atoms with E-state index in [1.54, 1.807) is 18.3 Å². The number of aromatic nitrogens is 4. The zero-order chi connectivity index (χ0) is 21.0. The summed E-state index contributed by atoms with van der Waals surface area (Å²) in [5.41, 5.74) is 3.95. The summed E-state index contributed by atoms with van der Waals surface area (Å²) in [6, 6.07) is 18.7. The van der Waals surface area contributed by atoms with Crippen molar-refractivity contribution in [1.82, 2.24) is 20.1 Å². The minimum absolute atomic E-state index is 0.153. The van der Waals surface area contributed by atoms with Gasteiger partial charge >= 0.3 is 0 Å². The lowest BCUT2D eigenvalue weighted by Gasteiger charge is -2.07. The van der Waals surface area contributed by atoms with Gasteiger partial charge in [-0.05, 0) is 36.4 Å². The smallest absolute Gasteiger partial charge is 0.238 e. The van der Waals surface area contributed by atoms with Gasteiger partial charge in [-0.15, -0.1) is 0 Å². The standard InChI is InChI=1S/C23H17N5O3/c29-21(10-11-22-27-23(28-31-22)20-9-4-12-30-20)25-16-6-3-5-15(13-16)19-14-24-17-7-1-2-8-18(17)26-19/h1-9,12-14H,10-11H2,(H,25,29). The van der Waals surface area contributed by atoms with Gasteiger partial charge < -0.3 is 14.3 Å². The number of hydrogen-bond acceptors (Lipinski definition) is 7. The molecule has 3 heterocycles. The summed E-state index contributed by atoms with van der Waals surface area (Å²) in [7, 11) is 0. The van der Waals surface area contributed by atoms with Crippen molar-refractivity contribution in [2.24, 2.45) is 0 Å². The van der Waals surface area contributed by atoms with E-state index in [9.17, 15) is 4.79 Å². The zero-order valence-corrected chi connectivity index (χ0v) is 16.4. The van der Waals surface area contributed by atoms with Crippen LogP contribution in [0.4, 0.5) is 5.69 Å². The average molecular weight is 411 g/mol. The van der Waals surface area contributed by atoms with Crippen molar-refractivity contribution in [2.75, 3.05) is 5.32 Å². The van der Waals surface area contributed by atoms with E-state index in [0.29, 0.717) is 29.6 Å². The number of furan rings is 1. The number of carbonyl (C=O) groups is 1. The highest BCUT2D eigenvalue weighted by molar-refractivity contribution is 5.91. The van der Waals surface area contributed by atoms with Crippen molar-refractivity contribution in [2.45, 2.75) is 12.8 Å². The number of hydrogen-bond donors (Lipinski definition) is 1. The summed E-state index contributed by atoms with van der Waals surface area (Å²) in [4.78, 5) is 25.7. The fourth-order valence-electron chi connectivity index (χ4n) is 3.16. The summed E-state index contributed by atoms with van der Waals surface area (Å²) < 4.78 is 10.4. The lowest BCUT2D eigenvalue weighted by atomic mass is 10.1. The second-order valence-electron chi connectivity index (χ2n) is 6.86. The number of fused-ring (bicyclic) bond motifs is 1. The molecular formula is C23H17N5O3. The molecule has 2 aromatic carbocycles. The number of nitrogens with one attached hydrogen (secondary N) is 1. The zero-order valence-electron chi connectivity index (χ0n) is 16.4. The molecule has 3 aromatic heterocycles. The highest BCUT2D eigenvalue weighted by Gasteiger charge is 2.13. The van der Waals surface area contributed by atoms with Crippen molar-refractivity contribution in [3.63, 3.8) is 0 Å². The minimum Gasteiger partial charge on any atom is -0.461 e. The maximum atomic E-state index is 12.4. The van der Waals surface area contributed by atoms with Crippen LogP contribution in [0.15, 0.2) is 82.1 Å². The van der Waals surface area contributed by atoms with E-state index in [4.69, 9.17) is 8.94 Å². The van der Waals surface area contributed by atoms with Crippen LogP contribution in [0.25, 0.3) is 33.9 Å². The van der Waals surface area contributed by atoms with Gasteiger partial charge in [-0.2, -0.15) is 4.98 Å². The largest absolute Gasteiger partial charge is 0.461 e. The molecule has 1 amide bonds. The van der Waals surface area contributed by atoms with Crippen LogP contribution in [0, 0.1) is 0 Å². The van der Waals surface area contributed by atoms with Crippen LogP contribution >= 0.6 is 0 Å². The topological polar surface area (TPSA) is 107 Å². The van der Waals surface area contributed by atoms with E-state index in [1.807, 2.05) is 48.5 Å². The lowest BCUT2D eigenvalue weighted by Crippen LogP contribution is -2.12. The van der Waals surface area contributed by atoms with Crippen LogP contribution < -0.4 is 5.32 Å². The number of rotatable bonds is 6. The number of aryl methyl sites for hydroxylation is 1. The van der Waals surface area contributed by atoms with Crippen LogP contribution in [0.2, 0.25) is 0 Å². The van der Waals surface area contributed by atoms with Gasteiger partial charge in [0.2, 0.25) is 17.6 Å². The van der Waals surface area contributed by atoms with Gasteiger partial charge in [-0.25, -0.2) is 4.98 Å². The van der Waals surface area contributed by atoms with Crippen LogP contribution in [-0.2, 0) is 11.2 Å². The predicted molar refractivity (Wildman–Crippen MR) is 114 cm³/mol. The number of para-hydroxylation sites is 2. The first-order chi connectivity index (χ1) is 15.2. The van der Waals surface area contributed by atoms with Gasteiger partial charge in [-0.1, -0.05) is 29.4 Å². The number of anilines is 1. The van der Waals surface area contributed by atoms with Crippen molar-refractivity contribution >= 4 is 22.6 Å². The first kappa shape index (κ1) is 18.7. The number of carbonyl (C=O) groups excluding carboxylic acids is 1. The fourth-order valence-corrected chi connectivity index (χ4v) is 3.16. The third-order valence-electron chi connectivity index (χ3n) is 4.67. The molecule has 0 aliphatic carbocycles. The Morgan fingerprint density at radius 1 is 0.968 bits per heavy atom. The first-order valence-corrected chi connectivity index (χ1v) is 9.73. The van der Waals surface area contributed by atoms with E-state index < -0.39 is 0 Å². The lowest BCUT2D eigenvalue weighted by molar-refractivity contribution is -0.116. The number of benzene rings is 2. The van der Waals surface area contributed by atoms with Gasteiger partial charge in [0.05, 0.1) is 29.2 Å². The maximum Gasteiger partial charge on any atom is 0.238 e. The Morgan fingerprint density at radius 3 is 2.74 bits per heavy atom. The van der Waals surface area contributed by atoms with Crippen LogP contribution in [-0.4, -0.2) is 26.0 Å². The average Bonchev–Trinajstić information content (AvgIpc) is 3.50. The molecule has 8 heteroatoms. The van der Waals surface area contributed by atoms with Crippen molar-refractivity contribution in [3.8, 4) is 22.8 Å². The second kappa shape index (κ2) is 8.19. The Labute approximate surface area is 177 Å². The molecule has 152 valence electrons.